The van der Waals surface area contributed by atoms with Crippen molar-refractivity contribution < 1.29 is 14.0 Å². The molecule has 1 aromatic carbocycles. The number of aryl methyl sites for hydroxylation is 1. The Bertz CT molecular complexity index is 1210. The second kappa shape index (κ2) is 7.78. The number of fused-ring (bicyclic) bond motifs is 2. The standard InChI is InChI=1S/C22H24N4O4/c1-4-20(27)24-15-5-6-18-14(11-15)12-19(30-18)22(29)26-9-7-16-17(8-10-26)23-13(2)25(3)21(16)28/h5-6,11-12H,4,7-10H2,1-3H3,(H,24,27). The number of anilines is 1. The fraction of sp³-hybridized carbons (Fsp3) is 0.364. The van der Waals surface area contributed by atoms with Gasteiger partial charge in [-0.25, -0.2) is 4.98 Å². The van der Waals surface area contributed by atoms with Crippen LogP contribution in [-0.2, 0) is 24.7 Å². The van der Waals surface area contributed by atoms with Crippen molar-refractivity contribution in [3.63, 3.8) is 0 Å². The summed E-state index contributed by atoms with van der Waals surface area (Å²) >= 11 is 0. The van der Waals surface area contributed by atoms with Gasteiger partial charge < -0.3 is 14.6 Å². The number of hydrogen-bond donors (Lipinski definition) is 1. The summed E-state index contributed by atoms with van der Waals surface area (Å²) < 4.78 is 7.31. The lowest BCUT2D eigenvalue weighted by Crippen LogP contribution is -2.33. The Labute approximate surface area is 173 Å². The highest BCUT2D eigenvalue weighted by atomic mass is 16.3. The number of carbonyl (C=O) groups excluding carboxylic acids is 2. The van der Waals surface area contributed by atoms with Gasteiger partial charge in [-0.1, -0.05) is 6.92 Å². The zero-order chi connectivity index (χ0) is 21.4. The third-order valence-corrected chi connectivity index (χ3v) is 5.56. The SMILES string of the molecule is CCC(=O)Nc1ccc2oc(C(=O)N3CCc4nc(C)n(C)c(=O)c4CC3)cc2c1. The van der Waals surface area contributed by atoms with Gasteiger partial charge in [0.1, 0.15) is 11.4 Å². The Kier molecular flexibility index (Phi) is 5.15. The molecule has 30 heavy (non-hydrogen) atoms. The molecule has 3 aromatic rings. The molecule has 0 unspecified atom stereocenters. The molecule has 8 nitrogen and oxygen atoms in total. The molecule has 3 heterocycles. The van der Waals surface area contributed by atoms with Crippen LogP contribution in [0.1, 0.15) is 41.0 Å². The largest absolute Gasteiger partial charge is 0.451 e. The summed E-state index contributed by atoms with van der Waals surface area (Å²) in [6.45, 7) is 4.50. The van der Waals surface area contributed by atoms with E-state index in [0.29, 0.717) is 55.0 Å². The summed E-state index contributed by atoms with van der Waals surface area (Å²) in [5, 5.41) is 3.55. The van der Waals surface area contributed by atoms with Crippen LogP contribution in [0.2, 0.25) is 0 Å². The predicted octanol–water partition coefficient (Wildman–Crippen LogP) is 2.42. The number of amides is 2. The summed E-state index contributed by atoms with van der Waals surface area (Å²) in [7, 11) is 1.71. The summed E-state index contributed by atoms with van der Waals surface area (Å²) in [5.41, 5.74) is 2.65. The van der Waals surface area contributed by atoms with Crippen LogP contribution in [0, 0.1) is 6.92 Å². The molecule has 0 saturated carbocycles. The fourth-order valence-electron chi connectivity index (χ4n) is 3.70. The third kappa shape index (κ3) is 3.60. The Morgan fingerprint density at radius 2 is 1.97 bits per heavy atom. The zero-order valence-corrected chi connectivity index (χ0v) is 17.3. The molecular formula is C22H24N4O4. The zero-order valence-electron chi connectivity index (χ0n) is 17.3. The molecule has 0 fully saturated rings. The van der Waals surface area contributed by atoms with Gasteiger partial charge in [-0.15, -0.1) is 0 Å². The van der Waals surface area contributed by atoms with Crippen LogP contribution in [0.25, 0.3) is 11.0 Å². The van der Waals surface area contributed by atoms with Crippen molar-refractivity contribution in [2.75, 3.05) is 18.4 Å². The van der Waals surface area contributed by atoms with E-state index in [0.717, 1.165) is 11.1 Å². The van der Waals surface area contributed by atoms with E-state index in [1.165, 1.54) is 0 Å². The summed E-state index contributed by atoms with van der Waals surface area (Å²) in [6.07, 6.45) is 1.39. The van der Waals surface area contributed by atoms with E-state index < -0.39 is 0 Å². The molecule has 0 bridgehead atoms. The van der Waals surface area contributed by atoms with Crippen molar-refractivity contribution in [3.05, 3.63) is 57.5 Å². The molecule has 1 N–H and O–H groups in total. The molecular weight excluding hydrogens is 384 g/mol. The normalized spacial score (nSPS) is 13.8. The second-order valence-corrected chi connectivity index (χ2v) is 7.51. The van der Waals surface area contributed by atoms with Crippen molar-refractivity contribution in [1.29, 1.82) is 0 Å². The topological polar surface area (TPSA) is 97.4 Å². The lowest BCUT2D eigenvalue weighted by molar-refractivity contribution is -0.115. The van der Waals surface area contributed by atoms with Crippen molar-refractivity contribution in [1.82, 2.24) is 14.5 Å². The van der Waals surface area contributed by atoms with Crippen LogP contribution >= 0.6 is 0 Å². The predicted molar refractivity (Wildman–Crippen MR) is 113 cm³/mol. The maximum Gasteiger partial charge on any atom is 0.289 e. The molecule has 156 valence electrons. The number of benzene rings is 1. The molecule has 2 aromatic heterocycles. The molecule has 1 aliphatic rings. The Morgan fingerprint density at radius 1 is 1.20 bits per heavy atom. The van der Waals surface area contributed by atoms with Gasteiger partial charge in [-0.2, -0.15) is 0 Å². The van der Waals surface area contributed by atoms with Crippen LogP contribution < -0.4 is 10.9 Å². The maximum absolute atomic E-state index is 13.1. The smallest absolute Gasteiger partial charge is 0.289 e. The first kappa shape index (κ1) is 19.9. The highest BCUT2D eigenvalue weighted by Crippen LogP contribution is 2.25. The minimum atomic E-state index is -0.216. The number of aromatic nitrogens is 2. The Balaban J connectivity index is 1.56. The van der Waals surface area contributed by atoms with Crippen molar-refractivity contribution in [3.8, 4) is 0 Å². The highest BCUT2D eigenvalue weighted by Gasteiger charge is 2.25. The quantitative estimate of drug-likeness (QED) is 0.718. The molecule has 0 aliphatic carbocycles. The van der Waals surface area contributed by atoms with E-state index in [-0.39, 0.29) is 23.1 Å². The minimum Gasteiger partial charge on any atom is -0.451 e. The van der Waals surface area contributed by atoms with E-state index in [9.17, 15) is 14.4 Å². The second-order valence-electron chi connectivity index (χ2n) is 7.51. The van der Waals surface area contributed by atoms with Gasteiger partial charge in [0.05, 0.1) is 5.69 Å². The lowest BCUT2D eigenvalue weighted by atomic mass is 10.1. The van der Waals surface area contributed by atoms with Crippen LogP contribution in [0.5, 0.6) is 0 Å². The lowest BCUT2D eigenvalue weighted by Gasteiger charge is -2.18. The number of furan rings is 1. The average molecular weight is 408 g/mol. The van der Waals surface area contributed by atoms with Crippen LogP contribution in [0.3, 0.4) is 0 Å². The van der Waals surface area contributed by atoms with Gasteiger partial charge in [0, 0.05) is 49.6 Å². The first-order chi connectivity index (χ1) is 14.4. The Hall–Kier alpha value is -3.42. The van der Waals surface area contributed by atoms with Crippen LogP contribution in [-0.4, -0.2) is 39.4 Å². The van der Waals surface area contributed by atoms with E-state index in [1.807, 2.05) is 0 Å². The molecule has 0 spiro atoms. The van der Waals surface area contributed by atoms with Gasteiger partial charge >= 0.3 is 0 Å². The molecule has 2 amide bonds. The first-order valence-corrected chi connectivity index (χ1v) is 10.1. The van der Waals surface area contributed by atoms with E-state index in [2.05, 4.69) is 10.3 Å². The van der Waals surface area contributed by atoms with Gasteiger partial charge in [-0.05, 0) is 37.6 Å². The summed E-state index contributed by atoms with van der Waals surface area (Å²) in [4.78, 5) is 43.5. The fourth-order valence-corrected chi connectivity index (χ4v) is 3.70. The molecule has 0 radical (unpaired) electrons. The molecule has 4 rings (SSSR count). The molecule has 0 saturated heterocycles. The number of carbonyl (C=O) groups is 2. The maximum atomic E-state index is 13.1. The summed E-state index contributed by atoms with van der Waals surface area (Å²) in [5.74, 6) is 0.619. The van der Waals surface area contributed by atoms with Gasteiger partial charge in [0.25, 0.3) is 11.5 Å². The van der Waals surface area contributed by atoms with Crippen molar-refractivity contribution >= 4 is 28.5 Å². The summed E-state index contributed by atoms with van der Waals surface area (Å²) in [6, 6.07) is 6.97. The van der Waals surface area contributed by atoms with Gasteiger partial charge in [0.15, 0.2) is 5.76 Å². The highest BCUT2D eigenvalue weighted by molar-refractivity contribution is 5.98. The minimum absolute atomic E-state index is 0.0443. The van der Waals surface area contributed by atoms with Crippen molar-refractivity contribution in [2.24, 2.45) is 7.05 Å². The molecule has 8 heteroatoms. The number of nitrogens with one attached hydrogen (secondary N) is 1. The molecule has 0 atom stereocenters. The van der Waals surface area contributed by atoms with Crippen molar-refractivity contribution in [2.45, 2.75) is 33.1 Å². The van der Waals surface area contributed by atoms with Crippen LogP contribution in [0.4, 0.5) is 5.69 Å². The number of nitrogens with zero attached hydrogens (tertiary/aromatic N) is 3. The first-order valence-electron chi connectivity index (χ1n) is 10.1. The number of rotatable bonds is 3. The van der Waals surface area contributed by atoms with E-state index in [1.54, 1.807) is 54.6 Å². The van der Waals surface area contributed by atoms with Gasteiger partial charge in [0.2, 0.25) is 5.91 Å². The van der Waals surface area contributed by atoms with E-state index >= 15 is 0 Å². The monoisotopic (exact) mass is 408 g/mol. The average Bonchev–Trinajstić information content (AvgIpc) is 3.04. The third-order valence-electron chi connectivity index (χ3n) is 5.56. The Morgan fingerprint density at radius 3 is 2.73 bits per heavy atom. The molecule has 1 aliphatic heterocycles. The van der Waals surface area contributed by atoms with Gasteiger partial charge in [-0.3, -0.25) is 19.0 Å². The van der Waals surface area contributed by atoms with Crippen LogP contribution in [0.15, 0.2) is 33.5 Å². The van der Waals surface area contributed by atoms with E-state index in [4.69, 9.17) is 4.42 Å². The number of hydrogen-bond acceptors (Lipinski definition) is 5.